The lowest BCUT2D eigenvalue weighted by Crippen LogP contribution is -2.57. The Balaban J connectivity index is 1.97. The van der Waals surface area contributed by atoms with Gasteiger partial charge in [0, 0.05) is 13.0 Å². The third-order valence-electron chi connectivity index (χ3n) is 2.86. The highest BCUT2D eigenvalue weighted by atomic mass is 19.4. The zero-order chi connectivity index (χ0) is 14.8. The number of carbonyl (C=O) groups is 2. The van der Waals surface area contributed by atoms with Crippen molar-refractivity contribution in [1.29, 1.82) is 0 Å². The number of likely N-dealkylation sites (tertiary alicyclic amines) is 1. The largest absolute Gasteiger partial charge is 0.470 e. The number of hydrogen-bond acceptors (Lipinski definition) is 3. The number of imide groups is 1. The Hall–Kier alpha value is -2.25. The van der Waals surface area contributed by atoms with Gasteiger partial charge in [-0.3, -0.25) is 15.0 Å². The summed E-state index contributed by atoms with van der Waals surface area (Å²) < 4.78 is 42.5. The number of urea groups is 1. The second-order valence-corrected chi connectivity index (χ2v) is 4.14. The van der Waals surface area contributed by atoms with Crippen LogP contribution < -0.4 is 10.1 Å². The smallest absolute Gasteiger partial charge is 0.416 e. The lowest BCUT2D eigenvalue weighted by atomic mass is 10.2. The summed E-state index contributed by atoms with van der Waals surface area (Å²) >= 11 is 0. The number of hydrogen-bond donors (Lipinski definition) is 1. The highest BCUT2D eigenvalue weighted by molar-refractivity contribution is 5.85. The topological polar surface area (TPSA) is 58.6 Å². The molecule has 1 aromatic rings. The molecule has 1 atom stereocenters. The first kappa shape index (κ1) is 14.2. The van der Waals surface area contributed by atoms with Crippen LogP contribution in [0.4, 0.5) is 18.0 Å². The molecule has 0 saturated carbocycles. The fourth-order valence-electron chi connectivity index (χ4n) is 1.73. The predicted octanol–water partition coefficient (Wildman–Crippen LogP) is 1.98. The third kappa shape index (κ3) is 3.01. The van der Waals surface area contributed by atoms with Gasteiger partial charge in [0.05, 0.1) is 5.56 Å². The maximum Gasteiger partial charge on any atom is 0.416 e. The molecule has 5 nitrogen and oxygen atoms in total. The summed E-state index contributed by atoms with van der Waals surface area (Å²) in [7, 11) is 0. The molecule has 0 aliphatic carbocycles. The molecular weight excluding hydrogens is 277 g/mol. The molecule has 20 heavy (non-hydrogen) atoms. The van der Waals surface area contributed by atoms with E-state index in [-0.39, 0.29) is 12.2 Å². The minimum Gasteiger partial charge on any atom is -0.470 e. The van der Waals surface area contributed by atoms with Gasteiger partial charge < -0.3 is 4.74 Å². The molecule has 1 saturated heterocycles. The normalized spacial score (nSPS) is 18.1. The molecule has 0 aromatic heterocycles. The van der Waals surface area contributed by atoms with Gasteiger partial charge in [-0.25, -0.2) is 4.79 Å². The van der Waals surface area contributed by atoms with Gasteiger partial charge in [-0.1, -0.05) is 0 Å². The molecule has 1 fully saturated rings. The molecule has 0 bridgehead atoms. The lowest BCUT2D eigenvalue weighted by molar-refractivity contribution is -0.137. The van der Waals surface area contributed by atoms with Crippen LogP contribution in [0.2, 0.25) is 0 Å². The van der Waals surface area contributed by atoms with Crippen molar-refractivity contribution < 1.29 is 27.5 Å². The van der Waals surface area contributed by atoms with Crippen molar-refractivity contribution in [3.8, 4) is 5.75 Å². The number of amides is 3. The van der Waals surface area contributed by atoms with Crippen molar-refractivity contribution in [3.63, 3.8) is 0 Å². The predicted molar refractivity (Wildman–Crippen MR) is 61.8 cm³/mol. The molecule has 8 heteroatoms. The standard InChI is InChI=1S/C12H11F3N2O3/c13-12(14,15)8-1-3-9(4-2-8)20-10-5-6-17(10)11(19)16-7-18/h1-4,7,10H,5-6H2,(H,16,18,19). The summed E-state index contributed by atoms with van der Waals surface area (Å²) in [6, 6.07) is 3.60. The van der Waals surface area contributed by atoms with E-state index in [0.29, 0.717) is 13.0 Å². The number of carbonyl (C=O) groups excluding carboxylic acids is 2. The van der Waals surface area contributed by atoms with E-state index >= 15 is 0 Å². The van der Waals surface area contributed by atoms with E-state index in [2.05, 4.69) is 0 Å². The molecule has 0 radical (unpaired) electrons. The first-order valence-corrected chi connectivity index (χ1v) is 5.76. The molecule has 1 aliphatic heterocycles. The molecule has 0 spiro atoms. The average molecular weight is 288 g/mol. The van der Waals surface area contributed by atoms with E-state index in [1.807, 2.05) is 5.32 Å². The van der Waals surface area contributed by atoms with Crippen LogP contribution in [0.25, 0.3) is 0 Å². The van der Waals surface area contributed by atoms with Crippen LogP contribution in [0, 0.1) is 0 Å². The molecule has 1 heterocycles. The molecule has 2 rings (SSSR count). The van der Waals surface area contributed by atoms with Crippen LogP contribution in [0.5, 0.6) is 5.75 Å². The van der Waals surface area contributed by atoms with Crippen molar-refractivity contribution >= 4 is 12.4 Å². The fourth-order valence-corrected chi connectivity index (χ4v) is 1.73. The van der Waals surface area contributed by atoms with Gasteiger partial charge >= 0.3 is 12.2 Å². The van der Waals surface area contributed by atoms with Crippen LogP contribution in [0.1, 0.15) is 12.0 Å². The maximum absolute atomic E-state index is 12.4. The highest BCUT2D eigenvalue weighted by Crippen LogP contribution is 2.31. The Kier molecular flexibility index (Phi) is 3.82. The zero-order valence-corrected chi connectivity index (χ0v) is 10.2. The lowest BCUT2D eigenvalue weighted by Gasteiger charge is -2.39. The summed E-state index contributed by atoms with van der Waals surface area (Å²) in [6.45, 7) is 0.422. The molecular formula is C12H11F3N2O3. The summed E-state index contributed by atoms with van der Waals surface area (Å²) in [4.78, 5) is 22.8. The Labute approximate surface area is 112 Å². The number of alkyl halides is 3. The van der Waals surface area contributed by atoms with Gasteiger partial charge in [0.15, 0.2) is 6.23 Å². The Morgan fingerprint density at radius 3 is 2.45 bits per heavy atom. The molecule has 108 valence electrons. The molecule has 1 unspecified atom stereocenters. The summed E-state index contributed by atoms with van der Waals surface area (Å²) in [5.74, 6) is 0.228. The third-order valence-corrected chi connectivity index (χ3v) is 2.86. The fraction of sp³-hybridized carbons (Fsp3) is 0.333. The van der Waals surface area contributed by atoms with Gasteiger partial charge in [0.25, 0.3) is 0 Å². The van der Waals surface area contributed by atoms with E-state index in [1.54, 1.807) is 0 Å². The molecule has 1 N–H and O–H groups in total. The first-order valence-electron chi connectivity index (χ1n) is 5.76. The van der Waals surface area contributed by atoms with Gasteiger partial charge in [0.2, 0.25) is 6.41 Å². The molecule has 3 amide bonds. The SMILES string of the molecule is O=CNC(=O)N1CCC1Oc1ccc(C(F)(F)F)cc1. The maximum atomic E-state index is 12.4. The van der Waals surface area contributed by atoms with E-state index in [1.165, 1.54) is 17.0 Å². The van der Waals surface area contributed by atoms with Gasteiger partial charge in [-0.15, -0.1) is 0 Å². The number of ether oxygens (including phenoxy) is 1. The van der Waals surface area contributed by atoms with E-state index < -0.39 is 24.0 Å². The monoisotopic (exact) mass is 288 g/mol. The second kappa shape index (κ2) is 5.40. The van der Waals surface area contributed by atoms with Crippen LogP contribution in [-0.4, -0.2) is 30.1 Å². The van der Waals surface area contributed by atoms with Crippen LogP contribution in [0.15, 0.2) is 24.3 Å². The quantitative estimate of drug-likeness (QED) is 0.865. The van der Waals surface area contributed by atoms with Gasteiger partial charge in [-0.05, 0) is 24.3 Å². The van der Waals surface area contributed by atoms with Crippen LogP contribution in [-0.2, 0) is 11.0 Å². The number of benzene rings is 1. The number of nitrogens with zero attached hydrogens (tertiary/aromatic N) is 1. The van der Waals surface area contributed by atoms with E-state index in [4.69, 9.17) is 4.74 Å². The minimum atomic E-state index is -4.40. The van der Waals surface area contributed by atoms with Crippen LogP contribution >= 0.6 is 0 Å². The van der Waals surface area contributed by atoms with Gasteiger partial charge in [-0.2, -0.15) is 13.2 Å². The number of rotatable bonds is 3. The molecule has 1 aliphatic rings. The molecule has 1 aromatic carbocycles. The van der Waals surface area contributed by atoms with Gasteiger partial charge in [0.1, 0.15) is 5.75 Å². The minimum absolute atomic E-state index is 0.228. The van der Waals surface area contributed by atoms with Crippen molar-refractivity contribution in [2.45, 2.75) is 18.8 Å². The van der Waals surface area contributed by atoms with E-state index in [0.717, 1.165) is 12.1 Å². The zero-order valence-electron chi connectivity index (χ0n) is 10.2. The van der Waals surface area contributed by atoms with Crippen molar-refractivity contribution in [3.05, 3.63) is 29.8 Å². The summed E-state index contributed by atoms with van der Waals surface area (Å²) in [5, 5.41) is 1.97. The Bertz CT molecular complexity index is 502. The Morgan fingerprint density at radius 1 is 1.35 bits per heavy atom. The first-order chi connectivity index (χ1) is 9.41. The second-order valence-electron chi connectivity index (χ2n) is 4.14. The van der Waals surface area contributed by atoms with Crippen LogP contribution in [0.3, 0.4) is 0 Å². The average Bonchev–Trinajstić information content (AvgIpc) is 2.34. The van der Waals surface area contributed by atoms with Crippen molar-refractivity contribution in [1.82, 2.24) is 10.2 Å². The van der Waals surface area contributed by atoms with E-state index in [9.17, 15) is 22.8 Å². The Morgan fingerprint density at radius 2 is 2.00 bits per heavy atom. The van der Waals surface area contributed by atoms with Crippen molar-refractivity contribution in [2.24, 2.45) is 0 Å². The number of halogens is 3. The highest BCUT2D eigenvalue weighted by Gasteiger charge is 2.34. The summed E-state index contributed by atoms with van der Waals surface area (Å²) in [5.41, 5.74) is -0.769. The van der Waals surface area contributed by atoms with Crippen molar-refractivity contribution in [2.75, 3.05) is 6.54 Å². The number of nitrogens with one attached hydrogen (secondary N) is 1. The summed E-state index contributed by atoms with van der Waals surface area (Å²) in [6.07, 6.45) is -4.17.